The Morgan fingerprint density at radius 2 is 2.14 bits per heavy atom. The van der Waals surface area contributed by atoms with E-state index in [1.807, 2.05) is 32.0 Å². The molecule has 0 saturated carbocycles. The Balaban J connectivity index is 2.12. The molecule has 1 atom stereocenters. The van der Waals surface area contributed by atoms with E-state index >= 15 is 0 Å². The van der Waals surface area contributed by atoms with Crippen molar-refractivity contribution in [2.75, 3.05) is 13.7 Å². The lowest BCUT2D eigenvalue weighted by Crippen LogP contribution is -2.26. The van der Waals surface area contributed by atoms with Crippen molar-refractivity contribution in [2.45, 2.75) is 26.8 Å². The van der Waals surface area contributed by atoms with Crippen LogP contribution in [0.5, 0.6) is 11.5 Å². The molecule has 2 rings (SSSR count). The van der Waals surface area contributed by atoms with Gasteiger partial charge in [-0.1, -0.05) is 11.2 Å². The Hall–Kier alpha value is -2.50. The van der Waals surface area contributed by atoms with Crippen LogP contribution in [0.1, 0.15) is 41.7 Å². The molecule has 6 nitrogen and oxygen atoms in total. The number of methoxy groups -OCH3 is 1. The normalized spacial score (nSPS) is 11.8. The second-order valence-electron chi connectivity index (χ2n) is 4.86. The summed E-state index contributed by atoms with van der Waals surface area (Å²) in [4.78, 5) is 12.1. The SMILES string of the molecule is CCOc1ccc(C(C)NC(=O)c2cc(C)on2)cc1OC. The van der Waals surface area contributed by atoms with Crippen molar-refractivity contribution in [3.63, 3.8) is 0 Å². The number of benzene rings is 1. The van der Waals surface area contributed by atoms with E-state index in [0.717, 1.165) is 5.56 Å². The summed E-state index contributed by atoms with van der Waals surface area (Å²) >= 11 is 0. The quantitative estimate of drug-likeness (QED) is 0.888. The Kier molecular flexibility index (Phi) is 5.04. The second-order valence-corrected chi connectivity index (χ2v) is 4.86. The third-order valence-electron chi connectivity index (χ3n) is 3.20. The maximum Gasteiger partial charge on any atom is 0.273 e. The van der Waals surface area contributed by atoms with Gasteiger partial charge in [0, 0.05) is 6.07 Å². The second kappa shape index (κ2) is 6.98. The summed E-state index contributed by atoms with van der Waals surface area (Å²) in [6, 6.07) is 6.98. The van der Waals surface area contributed by atoms with Crippen LogP contribution < -0.4 is 14.8 Å². The van der Waals surface area contributed by atoms with Gasteiger partial charge in [0.2, 0.25) is 0 Å². The highest BCUT2D eigenvalue weighted by Crippen LogP contribution is 2.30. The number of rotatable bonds is 6. The van der Waals surface area contributed by atoms with Gasteiger partial charge in [-0.15, -0.1) is 0 Å². The molecule has 0 saturated heterocycles. The number of amides is 1. The van der Waals surface area contributed by atoms with Crippen LogP contribution in [0.2, 0.25) is 0 Å². The summed E-state index contributed by atoms with van der Waals surface area (Å²) in [5.41, 5.74) is 1.18. The van der Waals surface area contributed by atoms with Crippen LogP contribution in [0.3, 0.4) is 0 Å². The number of nitrogens with zero attached hydrogens (tertiary/aromatic N) is 1. The Morgan fingerprint density at radius 1 is 1.36 bits per heavy atom. The Morgan fingerprint density at radius 3 is 2.73 bits per heavy atom. The molecule has 0 bridgehead atoms. The lowest BCUT2D eigenvalue weighted by molar-refractivity contribution is 0.0930. The molecule has 118 valence electrons. The third-order valence-corrected chi connectivity index (χ3v) is 3.20. The lowest BCUT2D eigenvalue weighted by Gasteiger charge is -2.16. The van der Waals surface area contributed by atoms with Gasteiger partial charge in [0.25, 0.3) is 5.91 Å². The third kappa shape index (κ3) is 3.58. The molecule has 1 aromatic carbocycles. The predicted octanol–water partition coefficient (Wildman–Crippen LogP) is 2.88. The van der Waals surface area contributed by atoms with Crippen LogP contribution in [0.15, 0.2) is 28.8 Å². The number of hydrogen-bond acceptors (Lipinski definition) is 5. The number of carbonyl (C=O) groups excluding carboxylic acids is 1. The zero-order valence-corrected chi connectivity index (χ0v) is 13.2. The maximum absolute atomic E-state index is 12.1. The number of ether oxygens (including phenoxy) is 2. The fourth-order valence-corrected chi connectivity index (χ4v) is 2.06. The molecular weight excluding hydrogens is 284 g/mol. The van der Waals surface area contributed by atoms with Gasteiger partial charge in [0.05, 0.1) is 19.8 Å². The average molecular weight is 304 g/mol. The Bertz CT molecular complexity index is 651. The number of carbonyl (C=O) groups is 1. The molecule has 0 fully saturated rings. The van der Waals surface area contributed by atoms with E-state index in [2.05, 4.69) is 10.5 Å². The van der Waals surface area contributed by atoms with Gasteiger partial charge >= 0.3 is 0 Å². The first kappa shape index (κ1) is 15.9. The predicted molar refractivity (Wildman–Crippen MR) is 81.3 cm³/mol. The van der Waals surface area contributed by atoms with Crippen molar-refractivity contribution >= 4 is 5.91 Å². The molecule has 1 N–H and O–H groups in total. The monoisotopic (exact) mass is 304 g/mol. The maximum atomic E-state index is 12.1. The molecule has 1 heterocycles. The molecule has 6 heteroatoms. The highest BCUT2D eigenvalue weighted by Gasteiger charge is 2.16. The highest BCUT2D eigenvalue weighted by atomic mass is 16.5. The van der Waals surface area contributed by atoms with E-state index in [1.54, 1.807) is 20.1 Å². The fourth-order valence-electron chi connectivity index (χ4n) is 2.06. The summed E-state index contributed by atoms with van der Waals surface area (Å²) < 4.78 is 15.7. The van der Waals surface area contributed by atoms with Crippen LogP contribution in [0.4, 0.5) is 0 Å². The first-order chi connectivity index (χ1) is 10.5. The summed E-state index contributed by atoms with van der Waals surface area (Å²) in [6.07, 6.45) is 0. The lowest BCUT2D eigenvalue weighted by atomic mass is 10.1. The number of aromatic nitrogens is 1. The summed E-state index contributed by atoms with van der Waals surface area (Å²) in [7, 11) is 1.59. The number of nitrogens with one attached hydrogen (secondary N) is 1. The fraction of sp³-hybridized carbons (Fsp3) is 0.375. The van der Waals surface area contributed by atoms with Gasteiger partial charge in [-0.2, -0.15) is 0 Å². The minimum Gasteiger partial charge on any atom is -0.493 e. The number of aryl methyl sites for hydroxylation is 1. The zero-order chi connectivity index (χ0) is 16.1. The molecule has 0 aliphatic carbocycles. The molecular formula is C16H20N2O4. The largest absolute Gasteiger partial charge is 0.493 e. The van der Waals surface area contributed by atoms with Crippen LogP contribution in [0, 0.1) is 6.92 Å². The molecule has 0 spiro atoms. The van der Waals surface area contributed by atoms with Crippen LogP contribution >= 0.6 is 0 Å². The summed E-state index contributed by atoms with van der Waals surface area (Å²) in [5.74, 6) is 1.63. The van der Waals surface area contributed by atoms with E-state index in [1.165, 1.54) is 0 Å². The molecule has 2 aromatic rings. The molecule has 1 unspecified atom stereocenters. The smallest absolute Gasteiger partial charge is 0.273 e. The van der Waals surface area contributed by atoms with Gasteiger partial charge in [-0.3, -0.25) is 4.79 Å². The van der Waals surface area contributed by atoms with Crippen LogP contribution in [-0.2, 0) is 0 Å². The highest BCUT2D eigenvalue weighted by molar-refractivity contribution is 5.92. The van der Waals surface area contributed by atoms with E-state index < -0.39 is 0 Å². The van der Waals surface area contributed by atoms with E-state index in [0.29, 0.717) is 23.9 Å². The molecule has 0 radical (unpaired) electrons. The average Bonchev–Trinajstić information content (AvgIpc) is 2.94. The molecule has 22 heavy (non-hydrogen) atoms. The van der Waals surface area contributed by atoms with E-state index in [9.17, 15) is 4.79 Å². The van der Waals surface area contributed by atoms with E-state index in [-0.39, 0.29) is 17.6 Å². The van der Waals surface area contributed by atoms with Gasteiger partial charge in [0.1, 0.15) is 5.76 Å². The molecule has 0 aliphatic heterocycles. The van der Waals surface area contributed by atoms with Crippen molar-refractivity contribution < 1.29 is 18.8 Å². The minimum atomic E-state index is -0.280. The van der Waals surface area contributed by atoms with Crippen molar-refractivity contribution in [1.82, 2.24) is 10.5 Å². The first-order valence-electron chi connectivity index (χ1n) is 7.10. The van der Waals surface area contributed by atoms with Gasteiger partial charge in [0.15, 0.2) is 17.2 Å². The first-order valence-corrected chi connectivity index (χ1v) is 7.10. The minimum absolute atomic E-state index is 0.200. The standard InChI is InChI=1S/C16H20N2O4/c1-5-21-14-7-6-12(9-15(14)20-4)11(3)17-16(19)13-8-10(2)22-18-13/h6-9,11H,5H2,1-4H3,(H,17,19). The summed E-state index contributed by atoms with van der Waals surface area (Å²) in [5, 5.41) is 6.57. The van der Waals surface area contributed by atoms with Crippen molar-refractivity contribution in [1.29, 1.82) is 0 Å². The van der Waals surface area contributed by atoms with Gasteiger partial charge < -0.3 is 19.3 Å². The molecule has 0 aliphatic rings. The van der Waals surface area contributed by atoms with E-state index in [4.69, 9.17) is 14.0 Å². The zero-order valence-electron chi connectivity index (χ0n) is 13.2. The molecule has 1 amide bonds. The number of hydrogen-bond donors (Lipinski definition) is 1. The van der Waals surface area contributed by atoms with Gasteiger partial charge in [-0.05, 0) is 38.5 Å². The van der Waals surface area contributed by atoms with Crippen LogP contribution in [0.25, 0.3) is 0 Å². The van der Waals surface area contributed by atoms with Crippen molar-refractivity contribution in [2.24, 2.45) is 0 Å². The van der Waals surface area contributed by atoms with Gasteiger partial charge in [-0.25, -0.2) is 0 Å². The van der Waals surface area contributed by atoms with Crippen molar-refractivity contribution in [3.8, 4) is 11.5 Å². The topological polar surface area (TPSA) is 73.6 Å². The summed E-state index contributed by atoms with van der Waals surface area (Å²) in [6.45, 7) is 6.11. The Labute approximate surface area is 129 Å². The van der Waals surface area contributed by atoms with Crippen molar-refractivity contribution in [3.05, 3.63) is 41.3 Å². The molecule has 1 aromatic heterocycles. The van der Waals surface area contributed by atoms with Crippen LogP contribution in [-0.4, -0.2) is 24.8 Å².